The number of rotatable bonds is 6. The summed E-state index contributed by atoms with van der Waals surface area (Å²) in [6, 6.07) is 4.12. The van der Waals surface area contributed by atoms with E-state index in [-0.39, 0.29) is 35.7 Å². The summed E-state index contributed by atoms with van der Waals surface area (Å²) in [6.45, 7) is 7.38. The largest absolute Gasteiger partial charge is 0.496 e. The van der Waals surface area contributed by atoms with Gasteiger partial charge in [-0.15, -0.1) is 24.0 Å². The summed E-state index contributed by atoms with van der Waals surface area (Å²) >= 11 is 0. The predicted molar refractivity (Wildman–Crippen MR) is 111 cm³/mol. The molecule has 0 amide bonds. The topological polar surface area (TPSA) is 64.1 Å². The van der Waals surface area contributed by atoms with E-state index in [1.807, 2.05) is 13.8 Å². The molecule has 1 aromatic rings. The van der Waals surface area contributed by atoms with Gasteiger partial charge in [-0.1, -0.05) is 0 Å². The highest BCUT2D eigenvalue weighted by molar-refractivity contribution is 14.0. The van der Waals surface area contributed by atoms with Gasteiger partial charge in [-0.25, -0.2) is 0 Å². The predicted octanol–water partition coefficient (Wildman–Crippen LogP) is 2.73. The molecule has 6 nitrogen and oxygen atoms in total. The van der Waals surface area contributed by atoms with E-state index < -0.39 is 0 Å². The Hall–Kier alpha value is -1.22. The molecule has 0 bridgehead atoms. The van der Waals surface area contributed by atoms with Gasteiger partial charge in [0.1, 0.15) is 17.6 Å². The number of halogens is 1. The fraction of sp³-hybridized carbons (Fsp3) is 0.611. The number of nitrogens with zero attached hydrogens (tertiary/aromatic N) is 1. The molecule has 1 heterocycles. The van der Waals surface area contributed by atoms with Crippen LogP contribution in [0.25, 0.3) is 0 Å². The number of hydrogen-bond acceptors (Lipinski definition) is 4. The first-order chi connectivity index (χ1) is 11.4. The number of nitrogens with one attached hydrogen (secondary N) is 2. The minimum Gasteiger partial charge on any atom is -0.496 e. The number of methoxy groups -OCH3 is 2. The molecule has 0 fully saturated rings. The van der Waals surface area contributed by atoms with Gasteiger partial charge in [0.25, 0.3) is 0 Å². The van der Waals surface area contributed by atoms with Crippen molar-refractivity contribution in [3.8, 4) is 11.5 Å². The highest BCUT2D eigenvalue weighted by Gasteiger charge is 2.22. The Balaban J connectivity index is 0.00000312. The van der Waals surface area contributed by atoms with Crippen LogP contribution in [0.1, 0.15) is 31.9 Å². The van der Waals surface area contributed by atoms with Crippen LogP contribution in [0, 0.1) is 0 Å². The van der Waals surface area contributed by atoms with Crippen molar-refractivity contribution in [2.24, 2.45) is 4.99 Å². The Morgan fingerprint density at radius 1 is 1.32 bits per heavy atom. The lowest BCUT2D eigenvalue weighted by atomic mass is 10.1. The van der Waals surface area contributed by atoms with Gasteiger partial charge in [-0.3, -0.25) is 4.99 Å². The average molecular weight is 463 g/mol. The SMILES string of the molecule is CN=C(NCc1cc2c(cc1OC)CC(C)O2)NCC(C)(C)OC.I. The van der Waals surface area contributed by atoms with Crippen molar-refractivity contribution in [2.75, 3.05) is 27.8 Å². The van der Waals surface area contributed by atoms with Crippen molar-refractivity contribution < 1.29 is 14.2 Å². The Bertz CT molecular complexity index is 605. The molecule has 1 unspecified atom stereocenters. The summed E-state index contributed by atoms with van der Waals surface area (Å²) < 4.78 is 16.8. The van der Waals surface area contributed by atoms with E-state index >= 15 is 0 Å². The monoisotopic (exact) mass is 463 g/mol. The summed E-state index contributed by atoms with van der Waals surface area (Å²) in [5, 5.41) is 6.58. The van der Waals surface area contributed by atoms with Gasteiger partial charge in [-0.05, 0) is 32.9 Å². The second-order valence-electron chi connectivity index (χ2n) is 6.65. The zero-order valence-electron chi connectivity index (χ0n) is 15.9. The molecule has 2 N–H and O–H groups in total. The molecule has 1 atom stereocenters. The third-order valence-electron chi connectivity index (χ3n) is 4.20. The molecule has 142 valence electrons. The first-order valence-electron chi connectivity index (χ1n) is 8.24. The second kappa shape index (κ2) is 9.47. The first kappa shape index (κ1) is 21.8. The summed E-state index contributed by atoms with van der Waals surface area (Å²) in [5.74, 6) is 2.53. The third-order valence-corrected chi connectivity index (χ3v) is 4.20. The van der Waals surface area contributed by atoms with Crippen molar-refractivity contribution in [3.63, 3.8) is 0 Å². The van der Waals surface area contributed by atoms with Gasteiger partial charge in [0.05, 0.1) is 12.7 Å². The van der Waals surface area contributed by atoms with E-state index in [1.165, 1.54) is 5.56 Å². The van der Waals surface area contributed by atoms with E-state index in [1.54, 1.807) is 21.3 Å². The van der Waals surface area contributed by atoms with Gasteiger partial charge in [0.2, 0.25) is 0 Å². The zero-order valence-corrected chi connectivity index (χ0v) is 18.3. The van der Waals surface area contributed by atoms with Gasteiger partial charge >= 0.3 is 0 Å². The number of hydrogen-bond donors (Lipinski definition) is 2. The summed E-state index contributed by atoms with van der Waals surface area (Å²) in [7, 11) is 5.15. The minimum absolute atomic E-state index is 0. The Labute approximate surface area is 167 Å². The Morgan fingerprint density at radius 3 is 2.64 bits per heavy atom. The van der Waals surface area contributed by atoms with E-state index in [9.17, 15) is 0 Å². The zero-order chi connectivity index (χ0) is 17.7. The highest BCUT2D eigenvalue weighted by Crippen LogP contribution is 2.34. The first-order valence-corrected chi connectivity index (χ1v) is 8.24. The van der Waals surface area contributed by atoms with Crippen LogP contribution in [0.4, 0.5) is 0 Å². The fourth-order valence-electron chi connectivity index (χ4n) is 2.58. The van der Waals surface area contributed by atoms with Crippen LogP contribution in [-0.2, 0) is 17.7 Å². The van der Waals surface area contributed by atoms with Crippen LogP contribution in [-0.4, -0.2) is 45.5 Å². The standard InChI is InChI=1S/C18H29N3O3.HI/c1-12-7-13-8-15(22-5)14(9-16(13)24-12)10-20-17(19-4)21-11-18(2,3)23-6;/h8-9,12H,7,10-11H2,1-6H3,(H2,19,20,21);1H. The van der Waals surface area contributed by atoms with Crippen molar-refractivity contribution in [3.05, 3.63) is 23.3 Å². The van der Waals surface area contributed by atoms with Crippen molar-refractivity contribution in [2.45, 2.75) is 45.4 Å². The molecule has 25 heavy (non-hydrogen) atoms. The van der Waals surface area contributed by atoms with Crippen LogP contribution >= 0.6 is 24.0 Å². The molecule has 0 aliphatic carbocycles. The highest BCUT2D eigenvalue weighted by atomic mass is 127. The Kier molecular flexibility index (Phi) is 8.27. The molecule has 1 aliphatic rings. The Morgan fingerprint density at radius 2 is 2.04 bits per heavy atom. The number of aliphatic imine (C=N–C) groups is 1. The maximum absolute atomic E-state index is 5.84. The number of ether oxygens (including phenoxy) is 3. The van der Waals surface area contributed by atoms with E-state index in [2.05, 4.69) is 34.7 Å². The maximum atomic E-state index is 5.84. The minimum atomic E-state index is -0.257. The molecule has 1 aromatic carbocycles. The molecule has 0 spiro atoms. The van der Waals surface area contributed by atoms with Crippen LogP contribution in [0.3, 0.4) is 0 Å². The third kappa shape index (κ3) is 5.91. The lowest BCUT2D eigenvalue weighted by Gasteiger charge is -2.24. The molecule has 7 heteroatoms. The van der Waals surface area contributed by atoms with Gasteiger partial charge in [-0.2, -0.15) is 0 Å². The number of guanidine groups is 1. The van der Waals surface area contributed by atoms with E-state index in [0.717, 1.165) is 29.4 Å². The molecule has 2 rings (SSSR count). The molecule has 1 aliphatic heterocycles. The fourth-order valence-corrected chi connectivity index (χ4v) is 2.58. The summed E-state index contributed by atoms with van der Waals surface area (Å²) in [5.41, 5.74) is 1.99. The van der Waals surface area contributed by atoms with Crippen LogP contribution in [0.15, 0.2) is 17.1 Å². The van der Waals surface area contributed by atoms with E-state index in [4.69, 9.17) is 14.2 Å². The van der Waals surface area contributed by atoms with Crippen LogP contribution in [0.2, 0.25) is 0 Å². The lowest BCUT2D eigenvalue weighted by molar-refractivity contribution is 0.0268. The average Bonchev–Trinajstić information content (AvgIpc) is 2.92. The van der Waals surface area contributed by atoms with Crippen molar-refractivity contribution >= 4 is 29.9 Å². The summed E-state index contributed by atoms with van der Waals surface area (Å²) in [4.78, 5) is 4.25. The van der Waals surface area contributed by atoms with Crippen LogP contribution in [0.5, 0.6) is 11.5 Å². The van der Waals surface area contributed by atoms with E-state index in [0.29, 0.717) is 13.1 Å². The van der Waals surface area contributed by atoms with Crippen molar-refractivity contribution in [1.29, 1.82) is 0 Å². The molecular formula is C18H30IN3O3. The van der Waals surface area contributed by atoms with Crippen LogP contribution < -0.4 is 20.1 Å². The quantitative estimate of drug-likeness (QED) is 0.386. The lowest BCUT2D eigenvalue weighted by Crippen LogP contribution is -2.45. The molecule has 0 radical (unpaired) electrons. The molecule has 0 aromatic heterocycles. The summed E-state index contributed by atoms with van der Waals surface area (Å²) in [6.07, 6.45) is 1.15. The molecule has 0 saturated heterocycles. The van der Waals surface area contributed by atoms with Gasteiger partial charge in [0, 0.05) is 44.8 Å². The smallest absolute Gasteiger partial charge is 0.191 e. The van der Waals surface area contributed by atoms with Gasteiger partial charge in [0.15, 0.2) is 5.96 Å². The second-order valence-corrected chi connectivity index (χ2v) is 6.65. The number of benzene rings is 1. The molecule has 0 saturated carbocycles. The maximum Gasteiger partial charge on any atom is 0.191 e. The van der Waals surface area contributed by atoms with Crippen molar-refractivity contribution in [1.82, 2.24) is 10.6 Å². The molecular weight excluding hydrogens is 433 g/mol. The normalized spacial score (nSPS) is 16.6. The van der Waals surface area contributed by atoms with Gasteiger partial charge < -0.3 is 24.8 Å². The number of fused-ring (bicyclic) bond motifs is 1.